The van der Waals surface area contributed by atoms with E-state index in [0.29, 0.717) is 24.8 Å². The molecule has 0 saturated carbocycles. The molecule has 0 bridgehead atoms. The lowest BCUT2D eigenvalue weighted by molar-refractivity contribution is -0.0732. The largest absolute Gasteiger partial charge is 0.487 e. The molecular formula is C19H18ClN3O3. The van der Waals surface area contributed by atoms with Gasteiger partial charge in [-0.3, -0.25) is 4.98 Å². The van der Waals surface area contributed by atoms with Gasteiger partial charge in [-0.2, -0.15) is 0 Å². The fourth-order valence-electron chi connectivity index (χ4n) is 4.23. The van der Waals surface area contributed by atoms with Crippen molar-refractivity contribution in [2.24, 2.45) is 16.6 Å². The highest BCUT2D eigenvalue weighted by Crippen LogP contribution is 2.51. The summed E-state index contributed by atoms with van der Waals surface area (Å²) in [5.74, 6) is 0.968. The summed E-state index contributed by atoms with van der Waals surface area (Å²) in [5, 5.41) is 0.599. The second kappa shape index (κ2) is 5.86. The van der Waals surface area contributed by atoms with Crippen molar-refractivity contribution >= 4 is 17.6 Å². The Hall–Kier alpha value is -2.31. The Kier molecular flexibility index (Phi) is 3.58. The van der Waals surface area contributed by atoms with Crippen LogP contribution in [0.4, 0.5) is 0 Å². The van der Waals surface area contributed by atoms with Crippen molar-refractivity contribution in [3.8, 4) is 16.9 Å². The van der Waals surface area contributed by atoms with Gasteiger partial charge < -0.3 is 19.9 Å². The highest BCUT2D eigenvalue weighted by Gasteiger charge is 2.54. The van der Waals surface area contributed by atoms with E-state index in [1.165, 1.54) is 0 Å². The van der Waals surface area contributed by atoms with Crippen molar-refractivity contribution in [3.05, 3.63) is 47.2 Å². The smallest absolute Gasteiger partial charge is 0.283 e. The Morgan fingerprint density at radius 2 is 2.12 bits per heavy atom. The Labute approximate surface area is 155 Å². The van der Waals surface area contributed by atoms with Gasteiger partial charge in [0.1, 0.15) is 24.0 Å². The molecule has 3 atom stereocenters. The second-order valence-electron chi connectivity index (χ2n) is 6.89. The van der Waals surface area contributed by atoms with Crippen LogP contribution >= 0.6 is 11.6 Å². The van der Waals surface area contributed by atoms with Crippen LogP contribution < -0.4 is 10.5 Å². The number of rotatable bonds is 1. The van der Waals surface area contributed by atoms with Crippen molar-refractivity contribution in [1.29, 1.82) is 0 Å². The number of aromatic nitrogens is 1. The second-order valence-corrected chi connectivity index (χ2v) is 7.33. The maximum atomic E-state index is 6.24. The van der Waals surface area contributed by atoms with Gasteiger partial charge in [0.2, 0.25) is 0 Å². The zero-order valence-electron chi connectivity index (χ0n) is 14.0. The molecule has 0 aliphatic carbocycles. The summed E-state index contributed by atoms with van der Waals surface area (Å²) >= 11 is 6.11. The van der Waals surface area contributed by atoms with Crippen LogP contribution in [0.3, 0.4) is 0 Å². The van der Waals surface area contributed by atoms with Crippen molar-refractivity contribution in [1.82, 2.24) is 4.98 Å². The van der Waals surface area contributed by atoms with Crippen molar-refractivity contribution < 1.29 is 14.2 Å². The molecule has 0 unspecified atom stereocenters. The third-order valence-corrected chi connectivity index (χ3v) is 5.64. The number of hydrogen-bond donors (Lipinski definition) is 1. The molecule has 1 spiro atoms. The van der Waals surface area contributed by atoms with Gasteiger partial charge in [0.15, 0.2) is 0 Å². The first kappa shape index (κ1) is 15.9. The zero-order chi connectivity index (χ0) is 17.7. The number of ether oxygens (including phenoxy) is 3. The van der Waals surface area contributed by atoms with E-state index >= 15 is 0 Å². The molecule has 3 aliphatic heterocycles. The molecule has 26 heavy (non-hydrogen) atoms. The van der Waals surface area contributed by atoms with Gasteiger partial charge in [-0.1, -0.05) is 17.7 Å². The molecule has 5 rings (SSSR count). The third-order valence-electron chi connectivity index (χ3n) is 5.43. The standard InChI is InChI=1S/C19H18ClN3O3/c20-13-5-12(7-22-8-13)11-1-2-16-15(6-11)19(10-25-18(21)23-19)14-3-4-24-9-17(14)26-16/h1-2,5-8,14,17H,3-4,9-10H2,(H2,21,23)/t14-,17-,19-/m1/s1. The van der Waals surface area contributed by atoms with Crippen LogP contribution in [0.5, 0.6) is 5.75 Å². The first-order chi connectivity index (χ1) is 12.7. The van der Waals surface area contributed by atoms with E-state index in [4.69, 9.17) is 36.5 Å². The molecule has 1 aromatic heterocycles. The lowest BCUT2D eigenvalue weighted by Gasteiger charge is -2.45. The average Bonchev–Trinajstić information content (AvgIpc) is 3.04. The van der Waals surface area contributed by atoms with Gasteiger partial charge in [0.05, 0.1) is 11.6 Å². The predicted molar refractivity (Wildman–Crippen MR) is 97.3 cm³/mol. The molecule has 134 valence electrons. The van der Waals surface area contributed by atoms with Gasteiger partial charge in [-0.05, 0) is 30.2 Å². The van der Waals surface area contributed by atoms with Gasteiger partial charge in [0.25, 0.3) is 6.02 Å². The van der Waals surface area contributed by atoms with Gasteiger partial charge in [0, 0.05) is 36.0 Å². The minimum atomic E-state index is -0.534. The molecule has 4 heterocycles. The fraction of sp³-hybridized carbons (Fsp3) is 0.368. The predicted octanol–water partition coefficient (Wildman–Crippen LogP) is 2.74. The normalized spacial score (nSPS) is 29.3. The fourth-order valence-corrected chi connectivity index (χ4v) is 4.40. The number of halogens is 1. The van der Waals surface area contributed by atoms with Gasteiger partial charge in [-0.15, -0.1) is 0 Å². The van der Waals surface area contributed by atoms with Crippen LogP contribution in [0.2, 0.25) is 5.02 Å². The number of amidine groups is 1. The lowest BCUT2D eigenvalue weighted by Crippen LogP contribution is -2.52. The third kappa shape index (κ3) is 2.36. The Bertz CT molecular complexity index is 903. The number of nitrogens with zero attached hydrogens (tertiary/aromatic N) is 2. The molecule has 1 fully saturated rings. The SMILES string of the molecule is NC1=N[C@@]2(CO1)c1cc(-c3cncc(Cl)c3)ccc1O[C@@H]1COCC[C@H]12. The Morgan fingerprint density at radius 3 is 2.92 bits per heavy atom. The summed E-state index contributed by atoms with van der Waals surface area (Å²) in [6, 6.07) is 8.21. The summed E-state index contributed by atoms with van der Waals surface area (Å²) < 4.78 is 17.5. The van der Waals surface area contributed by atoms with Crippen LogP contribution in [0.15, 0.2) is 41.7 Å². The van der Waals surface area contributed by atoms with E-state index in [2.05, 4.69) is 11.1 Å². The maximum absolute atomic E-state index is 6.24. The minimum absolute atomic E-state index is 0.0480. The van der Waals surface area contributed by atoms with Crippen LogP contribution in [-0.2, 0) is 15.0 Å². The van der Waals surface area contributed by atoms with Crippen LogP contribution in [-0.4, -0.2) is 36.9 Å². The topological polar surface area (TPSA) is 79.0 Å². The van der Waals surface area contributed by atoms with Crippen LogP contribution in [0.1, 0.15) is 12.0 Å². The van der Waals surface area contributed by atoms with Crippen LogP contribution in [0.25, 0.3) is 11.1 Å². The summed E-state index contributed by atoms with van der Waals surface area (Å²) in [5.41, 5.74) is 8.33. The number of hydrogen-bond acceptors (Lipinski definition) is 6. The van der Waals surface area contributed by atoms with E-state index in [9.17, 15) is 0 Å². The van der Waals surface area contributed by atoms with E-state index < -0.39 is 5.54 Å². The maximum Gasteiger partial charge on any atom is 0.283 e. The molecule has 1 aromatic carbocycles. The molecule has 2 N–H and O–H groups in total. The zero-order valence-corrected chi connectivity index (χ0v) is 14.8. The summed E-state index contributed by atoms with van der Waals surface area (Å²) in [6.45, 7) is 1.67. The molecule has 6 nitrogen and oxygen atoms in total. The van der Waals surface area contributed by atoms with E-state index in [-0.39, 0.29) is 18.0 Å². The number of pyridine rings is 1. The molecule has 1 saturated heterocycles. The summed E-state index contributed by atoms with van der Waals surface area (Å²) in [7, 11) is 0. The van der Waals surface area contributed by atoms with Crippen LogP contribution in [0, 0.1) is 5.92 Å². The highest BCUT2D eigenvalue weighted by molar-refractivity contribution is 6.30. The number of benzene rings is 1. The molecule has 7 heteroatoms. The first-order valence-corrected chi connectivity index (χ1v) is 9.01. The van der Waals surface area contributed by atoms with Gasteiger partial charge in [-0.25, -0.2) is 4.99 Å². The highest BCUT2D eigenvalue weighted by atomic mass is 35.5. The molecule has 0 radical (unpaired) electrons. The average molecular weight is 372 g/mol. The minimum Gasteiger partial charge on any atom is -0.487 e. The number of nitrogens with two attached hydrogens (primary N) is 1. The van der Waals surface area contributed by atoms with Crippen molar-refractivity contribution in [2.45, 2.75) is 18.1 Å². The quantitative estimate of drug-likeness (QED) is 0.833. The lowest BCUT2D eigenvalue weighted by atomic mass is 9.71. The van der Waals surface area contributed by atoms with E-state index in [0.717, 1.165) is 28.9 Å². The van der Waals surface area contributed by atoms with Crippen molar-refractivity contribution in [2.75, 3.05) is 19.8 Å². The number of aliphatic imine (C=N–C) groups is 1. The summed E-state index contributed by atoms with van der Waals surface area (Å²) in [6.07, 6.45) is 4.22. The van der Waals surface area contributed by atoms with Gasteiger partial charge >= 0.3 is 0 Å². The van der Waals surface area contributed by atoms with Crippen molar-refractivity contribution in [3.63, 3.8) is 0 Å². The molecule has 3 aliphatic rings. The molecule has 2 aromatic rings. The number of fused-ring (bicyclic) bond motifs is 4. The molecular weight excluding hydrogens is 354 g/mol. The van der Waals surface area contributed by atoms with E-state index in [1.54, 1.807) is 12.4 Å². The Morgan fingerprint density at radius 1 is 1.19 bits per heavy atom. The monoisotopic (exact) mass is 371 g/mol. The van der Waals surface area contributed by atoms with E-state index in [1.807, 2.05) is 18.2 Å². The summed E-state index contributed by atoms with van der Waals surface area (Å²) in [4.78, 5) is 8.94. The Balaban J connectivity index is 1.67. The molecule has 0 amide bonds. The first-order valence-electron chi connectivity index (χ1n) is 8.64.